The Morgan fingerprint density at radius 3 is 2.66 bits per heavy atom. The summed E-state index contributed by atoms with van der Waals surface area (Å²) < 4.78 is 15.3. The van der Waals surface area contributed by atoms with Crippen LogP contribution in [0, 0.1) is 11.3 Å². The summed E-state index contributed by atoms with van der Waals surface area (Å²) in [5, 5.41) is 15.0. The van der Waals surface area contributed by atoms with Gasteiger partial charge in [-0.3, -0.25) is 0 Å². The third-order valence-electron chi connectivity index (χ3n) is 5.08. The number of nitriles is 1. The largest absolute Gasteiger partial charge is 0.481 e. The minimum atomic E-state index is -0.231. The molecule has 1 aliphatic rings. The van der Waals surface area contributed by atoms with Gasteiger partial charge in [0, 0.05) is 51.7 Å². The van der Waals surface area contributed by atoms with E-state index in [1.807, 2.05) is 30.5 Å². The highest BCUT2D eigenvalue weighted by atomic mass is 16.7. The molecule has 2 N–H and O–H groups in total. The summed E-state index contributed by atoms with van der Waals surface area (Å²) in [6.45, 7) is 3.75. The van der Waals surface area contributed by atoms with Crippen molar-refractivity contribution in [3.05, 3.63) is 53.4 Å². The fraction of sp³-hybridized carbons (Fsp3) is 0.458. The van der Waals surface area contributed by atoms with Gasteiger partial charge in [-0.25, -0.2) is 9.97 Å². The van der Waals surface area contributed by atoms with E-state index in [1.54, 1.807) is 27.4 Å². The van der Waals surface area contributed by atoms with Crippen LogP contribution in [0.2, 0.25) is 0 Å². The fourth-order valence-corrected chi connectivity index (χ4v) is 3.28. The molecule has 0 radical (unpaired) electrons. The van der Waals surface area contributed by atoms with E-state index in [1.165, 1.54) is 18.1 Å². The SMILES string of the molecule is CCC(NCC(OC)OC)c1ccc(OC)nc1.N#CC=Cc1ccc2c(n1)NCCC2. The molecule has 0 spiro atoms. The standard InChI is InChI=1S/C13H22N2O3.C11H11N3/c1-5-11(14-9-13(17-3)18-4)10-6-7-12(16-2)15-8-10;12-7-1-4-10-6-5-9-3-2-8-13-11(9)14-10/h6-8,11,13-14H,5,9H2,1-4H3;1,4-6H,2-3,8H2,(H,13,14). The van der Waals surface area contributed by atoms with Crippen LogP contribution in [0.3, 0.4) is 0 Å². The summed E-state index contributed by atoms with van der Waals surface area (Å²) >= 11 is 0. The molecular weight excluding hydrogens is 406 g/mol. The predicted molar refractivity (Wildman–Crippen MR) is 125 cm³/mol. The van der Waals surface area contributed by atoms with Crippen molar-refractivity contribution in [2.24, 2.45) is 0 Å². The van der Waals surface area contributed by atoms with Gasteiger partial charge in [0.1, 0.15) is 5.82 Å². The van der Waals surface area contributed by atoms with Crippen LogP contribution < -0.4 is 15.4 Å². The van der Waals surface area contributed by atoms with Crippen LogP contribution in [0.1, 0.15) is 42.6 Å². The third-order valence-corrected chi connectivity index (χ3v) is 5.08. The maximum Gasteiger partial charge on any atom is 0.212 e. The van der Waals surface area contributed by atoms with Crippen LogP contribution in [0.5, 0.6) is 5.88 Å². The number of aryl methyl sites for hydroxylation is 1. The number of allylic oxidation sites excluding steroid dienone is 1. The van der Waals surface area contributed by atoms with Gasteiger partial charge in [-0.2, -0.15) is 5.26 Å². The molecule has 0 saturated carbocycles. The van der Waals surface area contributed by atoms with Gasteiger partial charge in [0.05, 0.1) is 18.9 Å². The molecule has 8 nitrogen and oxygen atoms in total. The first kappa shape index (κ1) is 25.3. The van der Waals surface area contributed by atoms with E-state index in [2.05, 4.69) is 33.6 Å². The normalized spacial score (nSPS) is 13.5. The molecule has 8 heteroatoms. The van der Waals surface area contributed by atoms with Gasteiger partial charge in [-0.1, -0.05) is 19.1 Å². The van der Waals surface area contributed by atoms with Crippen LogP contribution in [0.4, 0.5) is 5.82 Å². The number of hydrogen-bond acceptors (Lipinski definition) is 8. The van der Waals surface area contributed by atoms with Crippen molar-refractivity contribution in [2.75, 3.05) is 39.7 Å². The number of nitrogens with zero attached hydrogens (tertiary/aromatic N) is 3. The summed E-state index contributed by atoms with van der Waals surface area (Å²) in [6, 6.07) is 10.1. The fourth-order valence-electron chi connectivity index (χ4n) is 3.28. The topological polar surface area (TPSA) is 101 Å². The Bertz CT molecular complexity index is 876. The van der Waals surface area contributed by atoms with Crippen LogP contribution in [0.25, 0.3) is 6.08 Å². The monoisotopic (exact) mass is 439 g/mol. The number of anilines is 1. The van der Waals surface area contributed by atoms with Gasteiger partial charge < -0.3 is 24.8 Å². The second-order valence-electron chi connectivity index (χ2n) is 7.14. The molecule has 172 valence electrons. The average molecular weight is 440 g/mol. The van der Waals surface area contributed by atoms with E-state index in [4.69, 9.17) is 19.5 Å². The Labute approximate surface area is 190 Å². The molecule has 1 aliphatic heterocycles. The molecule has 2 aromatic heterocycles. The average Bonchev–Trinajstić information content (AvgIpc) is 2.86. The molecule has 0 aromatic carbocycles. The Morgan fingerprint density at radius 1 is 1.22 bits per heavy atom. The molecule has 1 atom stereocenters. The zero-order valence-electron chi connectivity index (χ0n) is 19.3. The lowest BCUT2D eigenvalue weighted by Crippen LogP contribution is -2.32. The van der Waals surface area contributed by atoms with Crippen molar-refractivity contribution >= 4 is 11.9 Å². The number of aromatic nitrogens is 2. The second kappa shape index (κ2) is 14.1. The maximum atomic E-state index is 8.39. The summed E-state index contributed by atoms with van der Waals surface area (Å²) in [6.07, 6.45) is 7.99. The second-order valence-corrected chi connectivity index (χ2v) is 7.14. The molecule has 32 heavy (non-hydrogen) atoms. The molecular formula is C24H33N5O3. The lowest BCUT2D eigenvalue weighted by atomic mass is 10.1. The number of hydrogen-bond donors (Lipinski definition) is 2. The van der Waals surface area contributed by atoms with E-state index < -0.39 is 0 Å². The zero-order valence-corrected chi connectivity index (χ0v) is 19.3. The van der Waals surface area contributed by atoms with Gasteiger partial charge >= 0.3 is 0 Å². The number of fused-ring (bicyclic) bond motifs is 1. The van der Waals surface area contributed by atoms with E-state index in [0.717, 1.165) is 36.5 Å². The molecule has 0 fully saturated rings. The zero-order chi connectivity index (χ0) is 23.2. The van der Waals surface area contributed by atoms with E-state index >= 15 is 0 Å². The quantitative estimate of drug-likeness (QED) is 0.450. The summed E-state index contributed by atoms with van der Waals surface area (Å²) in [7, 11) is 4.87. The minimum Gasteiger partial charge on any atom is -0.481 e. The molecule has 2 aromatic rings. The Hall–Kier alpha value is -2.99. The van der Waals surface area contributed by atoms with Crippen molar-refractivity contribution in [3.8, 4) is 11.9 Å². The Morgan fingerprint density at radius 2 is 2.03 bits per heavy atom. The molecule has 1 unspecified atom stereocenters. The molecule has 0 aliphatic carbocycles. The molecule has 0 bridgehead atoms. The van der Waals surface area contributed by atoms with Gasteiger partial charge in [0.15, 0.2) is 6.29 Å². The lowest BCUT2D eigenvalue weighted by molar-refractivity contribution is -0.0999. The molecule has 0 amide bonds. The van der Waals surface area contributed by atoms with E-state index in [-0.39, 0.29) is 12.3 Å². The first-order valence-corrected chi connectivity index (χ1v) is 10.7. The summed E-state index contributed by atoms with van der Waals surface area (Å²) in [5.74, 6) is 1.59. The number of rotatable bonds is 9. The van der Waals surface area contributed by atoms with Crippen molar-refractivity contribution in [2.45, 2.75) is 38.5 Å². The molecule has 3 heterocycles. The van der Waals surface area contributed by atoms with Gasteiger partial charge in [0.2, 0.25) is 5.88 Å². The van der Waals surface area contributed by atoms with Crippen molar-refractivity contribution in [1.29, 1.82) is 5.26 Å². The van der Waals surface area contributed by atoms with Gasteiger partial charge in [-0.15, -0.1) is 0 Å². The molecule has 0 saturated heterocycles. The van der Waals surface area contributed by atoms with Crippen molar-refractivity contribution in [1.82, 2.24) is 15.3 Å². The Kier molecular flexibility index (Phi) is 11.2. The first-order valence-electron chi connectivity index (χ1n) is 10.7. The number of nitrogens with one attached hydrogen (secondary N) is 2. The maximum absolute atomic E-state index is 8.39. The number of ether oxygens (including phenoxy) is 3. The first-order chi connectivity index (χ1) is 15.6. The van der Waals surface area contributed by atoms with Gasteiger partial charge in [-0.05, 0) is 42.5 Å². The van der Waals surface area contributed by atoms with Crippen LogP contribution >= 0.6 is 0 Å². The number of methoxy groups -OCH3 is 3. The summed E-state index contributed by atoms with van der Waals surface area (Å²) in [4.78, 5) is 8.61. The third kappa shape index (κ3) is 7.93. The van der Waals surface area contributed by atoms with Crippen molar-refractivity contribution < 1.29 is 14.2 Å². The van der Waals surface area contributed by atoms with Crippen LogP contribution in [-0.4, -0.2) is 50.7 Å². The van der Waals surface area contributed by atoms with E-state index in [9.17, 15) is 0 Å². The molecule has 3 rings (SSSR count). The highest BCUT2D eigenvalue weighted by Gasteiger charge is 2.12. The Balaban J connectivity index is 0.000000233. The minimum absolute atomic E-state index is 0.231. The highest BCUT2D eigenvalue weighted by molar-refractivity contribution is 5.55. The van der Waals surface area contributed by atoms with Gasteiger partial charge in [0.25, 0.3) is 0 Å². The number of pyridine rings is 2. The summed E-state index contributed by atoms with van der Waals surface area (Å²) in [5.41, 5.74) is 3.23. The van der Waals surface area contributed by atoms with Crippen LogP contribution in [0.15, 0.2) is 36.5 Å². The lowest BCUT2D eigenvalue weighted by Gasteiger charge is -2.20. The predicted octanol–water partition coefficient (Wildman–Crippen LogP) is 3.73. The van der Waals surface area contributed by atoms with E-state index in [0.29, 0.717) is 12.4 Å². The highest BCUT2D eigenvalue weighted by Crippen LogP contribution is 2.20. The van der Waals surface area contributed by atoms with Crippen LogP contribution in [-0.2, 0) is 15.9 Å². The van der Waals surface area contributed by atoms with Crippen molar-refractivity contribution in [3.63, 3.8) is 0 Å². The smallest absolute Gasteiger partial charge is 0.212 e.